The Morgan fingerprint density at radius 3 is 2.92 bits per heavy atom. The molecule has 2 N–H and O–H groups in total. The van der Waals surface area contributed by atoms with Crippen LogP contribution in [0.2, 0.25) is 5.02 Å². The maximum Gasteiger partial charge on any atom is 0.225 e. The van der Waals surface area contributed by atoms with E-state index in [1.54, 1.807) is 4.68 Å². The summed E-state index contributed by atoms with van der Waals surface area (Å²) in [5, 5.41) is 11.5. The SMILES string of the molecule is Cn1cc([C@H]2CNC[C@@H]2C(=O)NCC(C)(C)Cc2cccc(Cl)c2)cn1. The predicted molar refractivity (Wildman–Crippen MR) is 104 cm³/mol. The second-order valence-corrected chi connectivity index (χ2v) is 8.44. The molecule has 0 radical (unpaired) electrons. The molecular weight excluding hydrogens is 348 g/mol. The normalized spacial score (nSPS) is 20.3. The zero-order valence-corrected chi connectivity index (χ0v) is 16.4. The summed E-state index contributed by atoms with van der Waals surface area (Å²) in [6.45, 7) is 6.49. The molecule has 1 saturated heterocycles. The lowest BCUT2D eigenvalue weighted by Gasteiger charge is -2.27. The van der Waals surface area contributed by atoms with E-state index in [1.165, 1.54) is 5.56 Å². The van der Waals surface area contributed by atoms with Crippen LogP contribution in [0.5, 0.6) is 0 Å². The lowest BCUT2D eigenvalue weighted by atomic mass is 9.85. The summed E-state index contributed by atoms with van der Waals surface area (Å²) in [7, 11) is 1.90. The van der Waals surface area contributed by atoms with Crippen molar-refractivity contribution in [1.29, 1.82) is 0 Å². The standard InChI is InChI=1S/C20H27ClN4O/c1-20(2,8-14-5-4-6-16(21)7-14)13-23-19(26)18-11-22-10-17(18)15-9-24-25(3)12-15/h4-7,9,12,17-18,22H,8,10-11,13H2,1-3H3,(H,23,26)/t17-,18+/m1/s1. The lowest BCUT2D eigenvalue weighted by molar-refractivity contribution is -0.125. The van der Waals surface area contributed by atoms with Crippen molar-refractivity contribution in [3.8, 4) is 0 Å². The van der Waals surface area contributed by atoms with Crippen LogP contribution < -0.4 is 10.6 Å². The molecule has 0 bridgehead atoms. The number of nitrogens with zero attached hydrogens (tertiary/aromatic N) is 2. The summed E-state index contributed by atoms with van der Waals surface area (Å²) in [6, 6.07) is 7.92. The molecular formula is C20H27ClN4O. The first-order chi connectivity index (χ1) is 12.3. The maximum absolute atomic E-state index is 12.8. The number of nitrogens with one attached hydrogen (secondary N) is 2. The number of aromatic nitrogens is 2. The Labute approximate surface area is 160 Å². The highest BCUT2D eigenvalue weighted by Crippen LogP contribution is 2.28. The van der Waals surface area contributed by atoms with Gasteiger partial charge in [-0.3, -0.25) is 9.48 Å². The highest BCUT2D eigenvalue weighted by atomic mass is 35.5. The van der Waals surface area contributed by atoms with Crippen LogP contribution in [-0.2, 0) is 18.3 Å². The van der Waals surface area contributed by atoms with Crippen LogP contribution in [0.25, 0.3) is 0 Å². The third-order valence-electron chi connectivity index (χ3n) is 5.02. The van der Waals surface area contributed by atoms with Crippen molar-refractivity contribution in [1.82, 2.24) is 20.4 Å². The van der Waals surface area contributed by atoms with Crippen molar-refractivity contribution in [3.05, 3.63) is 52.8 Å². The molecule has 5 nitrogen and oxygen atoms in total. The van der Waals surface area contributed by atoms with Gasteiger partial charge >= 0.3 is 0 Å². The molecule has 0 unspecified atom stereocenters. The summed E-state index contributed by atoms with van der Waals surface area (Å²) in [5.74, 6) is 0.240. The molecule has 1 aliphatic rings. The highest BCUT2D eigenvalue weighted by Gasteiger charge is 2.35. The molecule has 1 fully saturated rings. The summed E-state index contributed by atoms with van der Waals surface area (Å²) in [4.78, 5) is 12.8. The molecule has 1 aliphatic heterocycles. The van der Waals surface area contributed by atoms with E-state index < -0.39 is 0 Å². The van der Waals surface area contributed by atoms with Crippen LogP contribution in [0.3, 0.4) is 0 Å². The monoisotopic (exact) mass is 374 g/mol. The van der Waals surface area contributed by atoms with Crippen molar-refractivity contribution in [2.75, 3.05) is 19.6 Å². The lowest BCUT2D eigenvalue weighted by Crippen LogP contribution is -2.40. The first kappa shape index (κ1) is 18.9. The number of halogens is 1. The van der Waals surface area contributed by atoms with Crippen LogP contribution in [-0.4, -0.2) is 35.3 Å². The van der Waals surface area contributed by atoms with E-state index in [0.29, 0.717) is 13.1 Å². The number of hydrogen-bond acceptors (Lipinski definition) is 3. The number of aryl methyl sites for hydroxylation is 1. The number of rotatable bonds is 6. The van der Waals surface area contributed by atoms with Crippen LogP contribution in [0, 0.1) is 11.3 Å². The molecule has 140 valence electrons. The number of amides is 1. The van der Waals surface area contributed by atoms with Crippen molar-refractivity contribution < 1.29 is 4.79 Å². The van der Waals surface area contributed by atoms with Gasteiger partial charge in [0.1, 0.15) is 0 Å². The zero-order chi connectivity index (χ0) is 18.7. The average Bonchev–Trinajstić information content (AvgIpc) is 3.21. The molecule has 0 saturated carbocycles. The van der Waals surface area contributed by atoms with Gasteiger partial charge in [-0.25, -0.2) is 0 Å². The second-order valence-electron chi connectivity index (χ2n) is 8.01. The summed E-state index contributed by atoms with van der Waals surface area (Å²) in [5.41, 5.74) is 2.26. The van der Waals surface area contributed by atoms with Crippen LogP contribution >= 0.6 is 11.6 Å². The smallest absolute Gasteiger partial charge is 0.225 e. The quantitative estimate of drug-likeness (QED) is 0.817. The minimum absolute atomic E-state index is 0.0455. The Morgan fingerprint density at radius 1 is 1.42 bits per heavy atom. The van der Waals surface area contributed by atoms with Gasteiger partial charge in [0.2, 0.25) is 5.91 Å². The second kappa shape index (κ2) is 7.80. The van der Waals surface area contributed by atoms with E-state index in [2.05, 4.69) is 35.6 Å². The molecule has 1 aromatic heterocycles. The Kier molecular flexibility index (Phi) is 5.68. The Morgan fingerprint density at radius 2 is 2.23 bits per heavy atom. The Balaban J connectivity index is 1.58. The van der Waals surface area contributed by atoms with Crippen LogP contribution in [0.15, 0.2) is 36.7 Å². The van der Waals surface area contributed by atoms with E-state index >= 15 is 0 Å². The minimum Gasteiger partial charge on any atom is -0.355 e. The third-order valence-corrected chi connectivity index (χ3v) is 5.25. The van der Waals surface area contributed by atoms with Crippen LogP contribution in [0.1, 0.15) is 30.9 Å². The van der Waals surface area contributed by atoms with Crippen molar-refractivity contribution in [2.24, 2.45) is 18.4 Å². The molecule has 1 aromatic carbocycles. The molecule has 2 atom stereocenters. The van der Waals surface area contributed by atoms with Crippen LogP contribution in [0.4, 0.5) is 0 Å². The fourth-order valence-electron chi connectivity index (χ4n) is 3.66. The fraction of sp³-hybridized carbons (Fsp3) is 0.500. The molecule has 6 heteroatoms. The molecule has 1 amide bonds. The number of carbonyl (C=O) groups excluding carboxylic acids is 1. The first-order valence-electron chi connectivity index (χ1n) is 9.05. The number of benzene rings is 1. The topological polar surface area (TPSA) is 59.0 Å². The number of hydrogen-bond donors (Lipinski definition) is 2. The van der Waals surface area contributed by atoms with E-state index in [9.17, 15) is 4.79 Å². The Bertz CT molecular complexity index is 771. The van der Waals surface area contributed by atoms with E-state index in [-0.39, 0.29) is 23.2 Å². The van der Waals surface area contributed by atoms with Gasteiger partial charge in [0.05, 0.1) is 12.1 Å². The van der Waals surface area contributed by atoms with Crippen molar-refractivity contribution in [2.45, 2.75) is 26.2 Å². The van der Waals surface area contributed by atoms with Gasteiger partial charge in [-0.1, -0.05) is 37.6 Å². The van der Waals surface area contributed by atoms with Gasteiger partial charge in [0, 0.05) is 43.8 Å². The summed E-state index contributed by atoms with van der Waals surface area (Å²) < 4.78 is 1.79. The fourth-order valence-corrected chi connectivity index (χ4v) is 3.87. The van der Waals surface area contributed by atoms with Gasteiger partial charge < -0.3 is 10.6 Å². The zero-order valence-electron chi connectivity index (χ0n) is 15.6. The first-order valence-corrected chi connectivity index (χ1v) is 9.43. The minimum atomic E-state index is -0.0545. The summed E-state index contributed by atoms with van der Waals surface area (Å²) >= 11 is 6.08. The van der Waals surface area contributed by atoms with Gasteiger partial charge in [-0.15, -0.1) is 0 Å². The van der Waals surface area contributed by atoms with E-state index in [0.717, 1.165) is 23.6 Å². The molecule has 0 spiro atoms. The van der Waals surface area contributed by atoms with E-state index in [1.807, 2.05) is 37.6 Å². The van der Waals surface area contributed by atoms with Gasteiger partial charge in [-0.05, 0) is 35.1 Å². The maximum atomic E-state index is 12.8. The average molecular weight is 375 g/mol. The van der Waals surface area contributed by atoms with Gasteiger partial charge in [0.25, 0.3) is 0 Å². The molecule has 2 heterocycles. The molecule has 0 aliphatic carbocycles. The van der Waals surface area contributed by atoms with Gasteiger partial charge in [0.15, 0.2) is 0 Å². The Hall–Kier alpha value is -1.85. The summed E-state index contributed by atoms with van der Waals surface area (Å²) in [6.07, 6.45) is 4.73. The molecule has 26 heavy (non-hydrogen) atoms. The molecule has 2 aromatic rings. The predicted octanol–water partition coefficient (Wildman–Crippen LogP) is 2.76. The van der Waals surface area contributed by atoms with Gasteiger partial charge in [-0.2, -0.15) is 5.10 Å². The van der Waals surface area contributed by atoms with Crippen molar-refractivity contribution in [3.63, 3.8) is 0 Å². The van der Waals surface area contributed by atoms with Crippen molar-refractivity contribution >= 4 is 17.5 Å². The molecule has 3 rings (SSSR count). The number of carbonyl (C=O) groups is 1. The largest absolute Gasteiger partial charge is 0.355 e. The van der Waals surface area contributed by atoms with E-state index in [4.69, 9.17) is 11.6 Å². The third kappa shape index (κ3) is 4.65. The highest BCUT2D eigenvalue weighted by molar-refractivity contribution is 6.30.